The number of benzene rings is 1. The Labute approximate surface area is 130 Å². The van der Waals surface area contributed by atoms with E-state index in [1.54, 1.807) is 18.7 Å². The third kappa shape index (κ3) is 3.67. The van der Waals surface area contributed by atoms with Gasteiger partial charge in [-0.3, -0.25) is 0 Å². The minimum Gasteiger partial charge on any atom is -0.497 e. The van der Waals surface area contributed by atoms with E-state index in [1.165, 1.54) is 0 Å². The fraction of sp³-hybridized carbons (Fsp3) is 0.412. The molecule has 0 spiro atoms. The average molecular weight is 302 g/mol. The highest BCUT2D eigenvalue weighted by atomic mass is 16.5. The van der Waals surface area contributed by atoms with Gasteiger partial charge in [0.05, 0.1) is 19.4 Å². The van der Waals surface area contributed by atoms with Crippen molar-refractivity contribution >= 4 is 5.97 Å². The van der Waals surface area contributed by atoms with Crippen LogP contribution in [0.1, 0.15) is 42.7 Å². The van der Waals surface area contributed by atoms with Gasteiger partial charge in [-0.05, 0) is 31.9 Å². The van der Waals surface area contributed by atoms with E-state index in [-0.39, 0.29) is 5.97 Å². The number of hydrogen-bond acceptors (Lipinski definition) is 4. The highest BCUT2D eigenvalue weighted by molar-refractivity contribution is 5.88. The summed E-state index contributed by atoms with van der Waals surface area (Å²) in [5.41, 5.74) is 2.17. The molecular formula is C17H22N2O3. The van der Waals surface area contributed by atoms with Gasteiger partial charge in [0.1, 0.15) is 5.75 Å². The van der Waals surface area contributed by atoms with Gasteiger partial charge in [0.15, 0.2) is 5.69 Å². The molecule has 0 aliphatic carbocycles. The molecule has 0 amide bonds. The van der Waals surface area contributed by atoms with Gasteiger partial charge in [-0.2, -0.15) is 5.10 Å². The van der Waals surface area contributed by atoms with E-state index < -0.39 is 0 Å². The van der Waals surface area contributed by atoms with E-state index in [1.807, 2.05) is 30.5 Å². The molecule has 118 valence electrons. The van der Waals surface area contributed by atoms with E-state index >= 15 is 0 Å². The maximum atomic E-state index is 12.1. The predicted molar refractivity (Wildman–Crippen MR) is 84.7 cm³/mol. The minimum absolute atomic E-state index is 0.345. The monoisotopic (exact) mass is 302 g/mol. The second-order valence-corrected chi connectivity index (χ2v) is 4.97. The Balaban J connectivity index is 2.37. The van der Waals surface area contributed by atoms with E-state index in [2.05, 4.69) is 12.0 Å². The smallest absolute Gasteiger partial charge is 0.359 e. The Kier molecular flexibility index (Phi) is 5.58. The maximum Gasteiger partial charge on any atom is 0.359 e. The topological polar surface area (TPSA) is 53.4 Å². The molecule has 1 aromatic heterocycles. The fourth-order valence-electron chi connectivity index (χ4n) is 2.22. The van der Waals surface area contributed by atoms with Crippen molar-refractivity contribution in [2.45, 2.75) is 33.1 Å². The number of esters is 1. The van der Waals surface area contributed by atoms with Crippen molar-refractivity contribution in [1.82, 2.24) is 9.78 Å². The lowest BCUT2D eigenvalue weighted by molar-refractivity contribution is 0.0517. The minimum atomic E-state index is -0.366. The normalized spacial score (nSPS) is 10.5. The number of carbonyl (C=O) groups is 1. The summed E-state index contributed by atoms with van der Waals surface area (Å²) in [7, 11) is 1.62. The lowest BCUT2D eigenvalue weighted by atomic mass is 10.1. The summed E-state index contributed by atoms with van der Waals surface area (Å²) >= 11 is 0. The highest BCUT2D eigenvalue weighted by Gasteiger charge is 2.18. The Morgan fingerprint density at radius 3 is 2.82 bits per heavy atom. The lowest BCUT2D eigenvalue weighted by Crippen LogP contribution is -2.08. The van der Waals surface area contributed by atoms with Crippen molar-refractivity contribution in [2.24, 2.45) is 0 Å². The molecule has 0 atom stereocenters. The number of nitrogens with zero attached hydrogens (tertiary/aromatic N) is 2. The third-order valence-corrected chi connectivity index (χ3v) is 3.38. The molecule has 0 unspecified atom stereocenters. The number of hydrogen-bond donors (Lipinski definition) is 0. The Bertz CT molecular complexity index is 635. The van der Waals surface area contributed by atoms with E-state index in [0.29, 0.717) is 12.3 Å². The van der Waals surface area contributed by atoms with Crippen LogP contribution in [0.3, 0.4) is 0 Å². The fourth-order valence-corrected chi connectivity index (χ4v) is 2.22. The molecule has 0 saturated heterocycles. The Morgan fingerprint density at radius 2 is 2.14 bits per heavy atom. The van der Waals surface area contributed by atoms with Gasteiger partial charge in [0, 0.05) is 17.8 Å². The SMILES string of the molecule is CCCCc1cn(-c2cccc(OC)c2)nc1C(=O)OCC. The van der Waals surface area contributed by atoms with Crippen LogP contribution in [0.2, 0.25) is 0 Å². The van der Waals surface area contributed by atoms with Gasteiger partial charge >= 0.3 is 5.97 Å². The average Bonchev–Trinajstić information content (AvgIpc) is 2.97. The van der Waals surface area contributed by atoms with E-state index in [0.717, 1.165) is 36.3 Å². The zero-order valence-corrected chi connectivity index (χ0v) is 13.3. The molecule has 0 radical (unpaired) electrons. The van der Waals surface area contributed by atoms with E-state index in [9.17, 15) is 4.79 Å². The van der Waals surface area contributed by atoms with Crippen LogP contribution in [0.4, 0.5) is 0 Å². The summed E-state index contributed by atoms with van der Waals surface area (Å²) in [5.74, 6) is 0.385. The number of ether oxygens (including phenoxy) is 2. The van der Waals surface area contributed by atoms with Crippen LogP contribution in [0.15, 0.2) is 30.5 Å². The summed E-state index contributed by atoms with van der Waals surface area (Å²) < 4.78 is 12.0. The summed E-state index contributed by atoms with van der Waals surface area (Å²) in [6, 6.07) is 7.57. The summed E-state index contributed by atoms with van der Waals surface area (Å²) in [6.07, 6.45) is 4.79. The van der Waals surface area contributed by atoms with Crippen molar-refractivity contribution in [3.05, 3.63) is 41.7 Å². The van der Waals surface area contributed by atoms with Crippen molar-refractivity contribution in [1.29, 1.82) is 0 Å². The number of aryl methyl sites for hydroxylation is 1. The molecule has 0 bridgehead atoms. The molecule has 5 heteroatoms. The number of rotatable bonds is 7. The molecule has 0 N–H and O–H groups in total. The van der Waals surface area contributed by atoms with Crippen LogP contribution in [-0.2, 0) is 11.2 Å². The first-order valence-electron chi connectivity index (χ1n) is 7.59. The Hall–Kier alpha value is -2.30. The van der Waals surface area contributed by atoms with Crippen LogP contribution in [-0.4, -0.2) is 29.5 Å². The quantitative estimate of drug-likeness (QED) is 0.736. The van der Waals surface area contributed by atoms with Crippen LogP contribution in [0.25, 0.3) is 5.69 Å². The van der Waals surface area contributed by atoms with Crippen molar-refractivity contribution < 1.29 is 14.3 Å². The molecular weight excluding hydrogens is 280 g/mol. The molecule has 0 aliphatic rings. The van der Waals surface area contributed by atoms with Crippen LogP contribution in [0, 0.1) is 0 Å². The van der Waals surface area contributed by atoms with Gasteiger partial charge in [0.25, 0.3) is 0 Å². The largest absolute Gasteiger partial charge is 0.497 e. The lowest BCUT2D eigenvalue weighted by Gasteiger charge is -2.04. The molecule has 1 heterocycles. The summed E-state index contributed by atoms with van der Waals surface area (Å²) in [5, 5.41) is 4.41. The number of unbranched alkanes of at least 4 members (excludes halogenated alkanes) is 1. The van der Waals surface area contributed by atoms with Gasteiger partial charge in [-0.25, -0.2) is 9.48 Å². The van der Waals surface area contributed by atoms with Crippen LogP contribution in [0.5, 0.6) is 5.75 Å². The first-order valence-corrected chi connectivity index (χ1v) is 7.59. The zero-order valence-electron chi connectivity index (χ0n) is 13.3. The van der Waals surface area contributed by atoms with Crippen molar-refractivity contribution in [2.75, 3.05) is 13.7 Å². The van der Waals surface area contributed by atoms with Gasteiger partial charge < -0.3 is 9.47 Å². The molecule has 2 aromatic rings. The predicted octanol–water partition coefficient (Wildman–Crippen LogP) is 3.40. The number of aromatic nitrogens is 2. The third-order valence-electron chi connectivity index (χ3n) is 3.38. The van der Waals surface area contributed by atoms with E-state index in [4.69, 9.17) is 9.47 Å². The maximum absolute atomic E-state index is 12.1. The summed E-state index contributed by atoms with van der Waals surface area (Å²) in [4.78, 5) is 12.1. The Morgan fingerprint density at radius 1 is 1.32 bits per heavy atom. The zero-order chi connectivity index (χ0) is 15.9. The van der Waals surface area contributed by atoms with Gasteiger partial charge in [-0.15, -0.1) is 0 Å². The van der Waals surface area contributed by atoms with Crippen molar-refractivity contribution in [3.63, 3.8) is 0 Å². The van der Waals surface area contributed by atoms with Crippen LogP contribution >= 0.6 is 0 Å². The molecule has 0 saturated carbocycles. The molecule has 5 nitrogen and oxygen atoms in total. The molecule has 0 fully saturated rings. The molecule has 22 heavy (non-hydrogen) atoms. The first kappa shape index (κ1) is 16.1. The highest BCUT2D eigenvalue weighted by Crippen LogP contribution is 2.19. The van der Waals surface area contributed by atoms with Crippen molar-refractivity contribution in [3.8, 4) is 11.4 Å². The first-order chi connectivity index (χ1) is 10.7. The van der Waals surface area contributed by atoms with Crippen LogP contribution < -0.4 is 4.74 Å². The number of methoxy groups -OCH3 is 1. The number of carbonyl (C=O) groups excluding carboxylic acids is 1. The summed E-state index contributed by atoms with van der Waals surface area (Å²) in [6.45, 7) is 4.26. The molecule has 0 aliphatic heterocycles. The molecule has 1 aromatic carbocycles. The van der Waals surface area contributed by atoms with Gasteiger partial charge in [0.2, 0.25) is 0 Å². The standard InChI is InChI=1S/C17H22N2O3/c1-4-6-8-13-12-19(18-16(13)17(20)22-5-2)14-9-7-10-15(11-14)21-3/h7,9-12H,4-6,8H2,1-3H3. The second kappa shape index (κ2) is 7.64. The molecule has 2 rings (SSSR count). The second-order valence-electron chi connectivity index (χ2n) is 4.97. The van der Waals surface area contributed by atoms with Gasteiger partial charge in [-0.1, -0.05) is 19.4 Å².